The Morgan fingerprint density at radius 3 is 2.53 bits per heavy atom. The maximum absolute atomic E-state index is 8.97. The van der Waals surface area contributed by atoms with E-state index < -0.39 is 0 Å². The number of piperidine rings is 1. The summed E-state index contributed by atoms with van der Waals surface area (Å²) in [6.45, 7) is 1.59. The highest BCUT2D eigenvalue weighted by atomic mass is 16.2. The summed E-state index contributed by atoms with van der Waals surface area (Å²) < 4.78 is 0. The summed E-state index contributed by atoms with van der Waals surface area (Å²) in [6.07, 6.45) is 10.7. The number of hydrogen-bond donors (Lipinski definition) is 2. The van der Waals surface area contributed by atoms with Crippen LogP contribution in [-0.2, 0) is 0 Å². The van der Waals surface area contributed by atoms with E-state index in [-0.39, 0.29) is 0 Å². The van der Waals surface area contributed by atoms with E-state index in [0.717, 1.165) is 24.3 Å². The first-order valence-electron chi connectivity index (χ1n) is 6.76. The highest BCUT2D eigenvalue weighted by Crippen LogP contribution is 2.39. The van der Waals surface area contributed by atoms with Gasteiger partial charge in [0.2, 0.25) is 0 Å². The monoisotopic (exact) mass is 211 g/mol. The van der Waals surface area contributed by atoms with Crippen molar-refractivity contribution in [1.82, 2.24) is 5.32 Å². The lowest BCUT2D eigenvalue weighted by molar-refractivity contribution is 0.126. The number of aliphatic hydroxyl groups excluding tert-OH is 1. The zero-order chi connectivity index (χ0) is 10.5. The van der Waals surface area contributed by atoms with Crippen molar-refractivity contribution >= 4 is 0 Å². The molecule has 15 heavy (non-hydrogen) atoms. The smallest absolute Gasteiger partial charge is 0.0431 e. The van der Waals surface area contributed by atoms with E-state index >= 15 is 0 Å². The van der Waals surface area contributed by atoms with Crippen LogP contribution in [0.4, 0.5) is 0 Å². The molecule has 88 valence electrons. The lowest BCUT2D eigenvalue weighted by Crippen LogP contribution is -2.44. The van der Waals surface area contributed by atoms with Gasteiger partial charge < -0.3 is 10.4 Å². The van der Waals surface area contributed by atoms with Gasteiger partial charge in [0.1, 0.15) is 0 Å². The third kappa shape index (κ3) is 2.94. The van der Waals surface area contributed by atoms with Crippen LogP contribution >= 0.6 is 0 Å². The van der Waals surface area contributed by atoms with Crippen molar-refractivity contribution in [2.45, 2.75) is 57.4 Å². The van der Waals surface area contributed by atoms with Crippen LogP contribution in [0.1, 0.15) is 51.4 Å². The molecule has 1 heterocycles. The van der Waals surface area contributed by atoms with Crippen LogP contribution in [0.2, 0.25) is 0 Å². The minimum absolute atomic E-state index is 0.371. The van der Waals surface area contributed by atoms with Crippen LogP contribution in [0.3, 0.4) is 0 Å². The summed E-state index contributed by atoms with van der Waals surface area (Å²) in [7, 11) is 0. The van der Waals surface area contributed by atoms with E-state index in [4.69, 9.17) is 5.11 Å². The van der Waals surface area contributed by atoms with Crippen molar-refractivity contribution < 1.29 is 5.11 Å². The van der Waals surface area contributed by atoms with Gasteiger partial charge in [-0.2, -0.15) is 0 Å². The Labute approximate surface area is 93.5 Å². The molecule has 0 amide bonds. The molecule has 2 aliphatic rings. The van der Waals surface area contributed by atoms with Crippen LogP contribution in [-0.4, -0.2) is 24.3 Å². The Morgan fingerprint density at radius 2 is 2.00 bits per heavy atom. The standard InChI is InChI=1S/C13H25NO/c15-10-4-7-12(11-5-3-6-11)13-8-1-2-9-14-13/h11-15H,1-10H2. The zero-order valence-corrected chi connectivity index (χ0v) is 9.75. The molecule has 2 atom stereocenters. The third-order valence-corrected chi connectivity index (χ3v) is 4.32. The summed E-state index contributed by atoms with van der Waals surface area (Å²) in [5, 5.41) is 12.7. The predicted molar refractivity (Wildman–Crippen MR) is 62.8 cm³/mol. The zero-order valence-electron chi connectivity index (χ0n) is 9.75. The molecule has 1 aliphatic carbocycles. The van der Waals surface area contributed by atoms with Gasteiger partial charge in [-0.05, 0) is 44.1 Å². The van der Waals surface area contributed by atoms with Crippen molar-refractivity contribution in [2.24, 2.45) is 11.8 Å². The van der Waals surface area contributed by atoms with E-state index in [1.165, 1.54) is 51.5 Å². The van der Waals surface area contributed by atoms with Gasteiger partial charge in [0.25, 0.3) is 0 Å². The second kappa shape index (κ2) is 5.86. The van der Waals surface area contributed by atoms with Gasteiger partial charge in [-0.3, -0.25) is 0 Å². The summed E-state index contributed by atoms with van der Waals surface area (Å²) >= 11 is 0. The quantitative estimate of drug-likeness (QED) is 0.731. The number of aliphatic hydroxyl groups is 1. The highest BCUT2D eigenvalue weighted by Gasteiger charge is 2.33. The second-order valence-electron chi connectivity index (χ2n) is 5.28. The molecule has 0 aromatic heterocycles. The summed E-state index contributed by atoms with van der Waals surface area (Å²) in [5.74, 6) is 1.82. The first kappa shape index (κ1) is 11.4. The lowest BCUT2D eigenvalue weighted by Gasteiger charge is -2.41. The van der Waals surface area contributed by atoms with Crippen LogP contribution in [0.25, 0.3) is 0 Å². The molecule has 1 saturated heterocycles. The average molecular weight is 211 g/mol. The number of nitrogens with one attached hydrogen (secondary N) is 1. The number of rotatable bonds is 5. The Balaban J connectivity index is 1.84. The third-order valence-electron chi connectivity index (χ3n) is 4.32. The van der Waals surface area contributed by atoms with Gasteiger partial charge in [-0.25, -0.2) is 0 Å². The topological polar surface area (TPSA) is 32.3 Å². The second-order valence-corrected chi connectivity index (χ2v) is 5.28. The summed E-state index contributed by atoms with van der Waals surface area (Å²) in [6, 6.07) is 0.760. The summed E-state index contributed by atoms with van der Waals surface area (Å²) in [5.41, 5.74) is 0. The SMILES string of the molecule is OCCCC(C1CCC1)C1CCCCN1. The molecule has 1 saturated carbocycles. The van der Waals surface area contributed by atoms with Crippen LogP contribution < -0.4 is 5.32 Å². The van der Waals surface area contributed by atoms with Crippen molar-refractivity contribution in [3.63, 3.8) is 0 Å². The predicted octanol–water partition coefficient (Wildman–Crippen LogP) is 2.32. The normalized spacial score (nSPS) is 29.8. The first-order chi connectivity index (χ1) is 7.42. The van der Waals surface area contributed by atoms with E-state index in [2.05, 4.69) is 5.32 Å². The van der Waals surface area contributed by atoms with E-state index in [1.807, 2.05) is 0 Å². The first-order valence-corrected chi connectivity index (χ1v) is 6.76. The molecule has 0 spiro atoms. The molecular weight excluding hydrogens is 186 g/mol. The minimum Gasteiger partial charge on any atom is -0.396 e. The van der Waals surface area contributed by atoms with E-state index in [1.54, 1.807) is 0 Å². The fourth-order valence-electron chi connectivity index (χ4n) is 3.20. The molecule has 2 unspecified atom stereocenters. The fraction of sp³-hybridized carbons (Fsp3) is 1.00. The molecule has 0 radical (unpaired) electrons. The van der Waals surface area contributed by atoms with Crippen molar-refractivity contribution in [2.75, 3.05) is 13.2 Å². The van der Waals surface area contributed by atoms with Gasteiger partial charge in [-0.1, -0.05) is 25.7 Å². The van der Waals surface area contributed by atoms with Gasteiger partial charge in [0, 0.05) is 12.6 Å². The molecule has 0 aromatic carbocycles. The van der Waals surface area contributed by atoms with Gasteiger partial charge in [-0.15, -0.1) is 0 Å². The molecule has 1 aliphatic heterocycles. The van der Waals surface area contributed by atoms with Crippen molar-refractivity contribution in [3.8, 4) is 0 Å². The Kier molecular flexibility index (Phi) is 4.45. The molecule has 2 heteroatoms. The maximum atomic E-state index is 8.97. The van der Waals surface area contributed by atoms with Crippen LogP contribution in [0.5, 0.6) is 0 Å². The molecule has 2 nitrogen and oxygen atoms in total. The Hall–Kier alpha value is -0.0800. The van der Waals surface area contributed by atoms with Crippen molar-refractivity contribution in [1.29, 1.82) is 0 Å². The molecule has 0 aromatic rings. The molecular formula is C13H25NO. The lowest BCUT2D eigenvalue weighted by atomic mass is 9.69. The number of hydrogen-bond acceptors (Lipinski definition) is 2. The molecule has 2 N–H and O–H groups in total. The molecule has 2 fully saturated rings. The maximum Gasteiger partial charge on any atom is 0.0431 e. The summed E-state index contributed by atoms with van der Waals surface area (Å²) in [4.78, 5) is 0. The van der Waals surface area contributed by atoms with Crippen LogP contribution in [0, 0.1) is 11.8 Å². The van der Waals surface area contributed by atoms with Gasteiger partial charge in [0.15, 0.2) is 0 Å². The fourth-order valence-corrected chi connectivity index (χ4v) is 3.20. The largest absolute Gasteiger partial charge is 0.396 e. The molecule has 2 rings (SSSR count). The average Bonchev–Trinajstić information content (AvgIpc) is 2.22. The minimum atomic E-state index is 0.371. The van der Waals surface area contributed by atoms with E-state index in [9.17, 15) is 0 Å². The molecule has 0 bridgehead atoms. The highest BCUT2D eigenvalue weighted by molar-refractivity contribution is 4.87. The van der Waals surface area contributed by atoms with Gasteiger partial charge in [0.05, 0.1) is 0 Å². The van der Waals surface area contributed by atoms with E-state index in [0.29, 0.717) is 6.61 Å². The van der Waals surface area contributed by atoms with Crippen molar-refractivity contribution in [3.05, 3.63) is 0 Å². The van der Waals surface area contributed by atoms with Crippen LogP contribution in [0.15, 0.2) is 0 Å². The Morgan fingerprint density at radius 1 is 1.13 bits per heavy atom. The van der Waals surface area contributed by atoms with Gasteiger partial charge >= 0.3 is 0 Å². The Bertz CT molecular complexity index is 173.